The van der Waals surface area contributed by atoms with Crippen LogP contribution in [0.1, 0.15) is 34.6 Å². The lowest BCUT2D eigenvalue weighted by Gasteiger charge is -2.21. The predicted molar refractivity (Wildman–Crippen MR) is 110 cm³/mol. The molecule has 1 aromatic heterocycles. The first-order valence-corrected chi connectivity index (χ1v) is 9.63. The van der Waals surface area contributed by atoms with Crippen LogP contribution < -0.4 is 16.2 Å². The molecule has 0 aliphatic carbocycles. The van der Waals surface area contributed by atoms with Gasteiger partial charge in [0.15, 0.2) is 0 Å². The van der Waals surface area contributed by atoms with Gasteiger partial charge in [-0.3, -0.25) is 9.59 Å². The number of rotatable bonds is 7. The molecule has 2 N–H and O–H groups in total. The second-order valence-corrected chi connectivity index (χ2v) is 7.06. The lowest BCUT2D eigenvalue weighted by Crippen LogP contribution is -2.32. The summed E-state index contributed by atoms with van der Waals surface area (Å²) in [6.07, 6.45) is 0. The Kier molecular flexibility index (Phi) is 6.73. The smallest absolute Gasteiger partial charge is 0.288 e. The van der Waals surface area contributed by atoms with Crippen LogP contribution in [0.4, 0.5) is 17.6 Å². The minimum absolute atomic E-state index is 0.144. The fraction of sp³-hybridized carbons (Fsp3) is 0.227. The third-order valence-electron chi connectivity index (χ3n) is 4.75. The molecular weight excluding hydrogens is 428 g/mol. The minimum Gasteiger partial charge on any atom is -0.344 e. The summed E-state index contributed by atoms with van der Waals surface area (Å²) in [6.45, 7) is 0.665. The van der Waals surface area contributed by atoms with Crippen LogP contribution in [0.2, 0.25) is 0 Å². The van der Waals surface area contributed by atoms with Gasteiger partial charge in [0.25, 0.3) is 17.4 Å². The third-order valence-corrected chi connectivity index (χ3v) is 4.75. The van der Waals surface area contributed by atoms with E-state index in [1.165, 1.54) is 44.3 Å². The average Bonchev–Trinajstić information content (AvgIpc) is 2.74. The molecular formula is C22H20F4N4O2. The van der Waals surface area contributed by atoms with Crippen LogP contribution in [-0.4, -0.2) is 29.3 Å². The van der Waals surface area contributed by atoms with Crippen molar-refractivity contribution in [3.05, 3.63) is 93.4 Å². The van der Waals surface area contributed by atoms with Crippen LogP contribution in [0.25, 0.3) is 5.69 Å². The molecule has 168 valence electrons. The average molecular weight is 448 g/mol. The van der Waals surface area contributed by atoms with Crippen molar-refractivity contribution >= 4 is 5.91 Å². The van der Waals surface area contributed by atoms with Gasteiger partial charge < -0.3 is 10.6 Å². The van der Waals surface area contributed by atoms with E-state index in [0.717, 1.165) is 28.9 Å². The van der Waals surface area contributed by atoms with Gasteiger partial charge in [0.1, 0.15) is 23.0 Å². The van der Waals surface area contributed by atoms with Crippen LogP contribution in [-0.2, 0) is 5.92 Å². The van der Waals surface area contributed by atoms with E-state index < -0.39 is 47.2 Å². The highest BCUT2D eigenvalue weighted by Crippen LogP contribution is 2.32. The van der Waals surface area contributed by atoms with E-state index in [1.54, 1.807) is 0 Å². The Morgan fingerprint density at radius 3 is 2.50 bits per heavy atom. The lowest BCUT2D eigenvalue weighted by atomic mass is 10.00. The molecule has 0 fully saturated rings. The zero-order valence-corrected chi connectivity index (χ0v) is 17.2. The number of hydrogen-bond donors (Lipinski definition) is 2. The maximum atomic E-state index is 14.8. The first kappa shape index (κ1) is 23.1. The first-order chi connectivity index (χ1) is 15.2. The normalized spacial score (nSPS) is 12.4. The van der Waals surface area contributed by atoms with Gasteiger partial charge in [0.05, 0.1) is 18.2 Å². The van der Waals surface area contributed by atoms with Crippen LogP contribution in [0, 0.1) is 11.6 Å². The van der Waals surface area contributed by atoms with Gasteiger partial charge in [0.2, 0.25) is 0 Å². The number of halogens is 4. The number of nitrogens with zero attached hydrogens (tertiary/aromatic N) is 2. The third kappa shape index (κ3) is 4.70. The molecule has 0 radical (unpaired) electrons. The van der Waals surface area contributed by atoms with Crippen LogP contribution >= 0.6 is 0 Å². The fourth-order valence-corrected chi connectivity index (χ4v) is 3.16. The lowest BCUT2D eigenvalue weighted by molar-refractivity contribution is -0.00490. The highest BCUT2D eigenvalue weighted by molar-refractivity contribution is 5.92. The predicted octanol–water partition coefficient (Wildman–Crippen LogP) is 3.31. The summed E-state index contributed by atoms with van der Waals surface area (Å²) >= 11 is 0. The SMILES string of the molecule is CNCC(F)(F)c1cccc(C(C)NC(=O)c2ccc(=O)n(-c3ccccc3F)n2)c1F. The Bertz CT molecular complexity index is 1200. The highest BCUT2D eigenvalue weighted by atomic mass is 19.3. The quantitative estimate of drug-likeness (QED) is 0.544. The van der Waals surface area contributed by atoms with Gasteiger partial charge in [-0.05, 0) is 32.2 Å². The number of para-hydroxylation sites is 1. The van der Waals surface area contributed by atoms with E-state index in [4.69, 9.17) is 0 Å². The highest BCUT2D eigenvalue weighted by Gasteiger charge is 2.35. The van der Waals surface area contributed by atoms with Crippen LogP contribution in [0.5, 0.6) is 0 Å². The molecule has 0 aliphatic rings. The summed E-state index contributed by atoms with van der Waals surface area (Å²) in [5.74, 6) is -6.09. The maximum Gasteiger partial charge on any atom is 0.288 e. The number of carbonyl (C=O) groups excluding carboxylic acids is 1. The van der Waals surface area contributed by atoms with Crippen molar-refractivity contribution in [1.29, 1.82) is 0 Å². The largest absolute Gasteiger partial charge is 0.344 e. The Morgan fingerprint density at radius 2 is 1.81 bits per heavy atom. The molecule has 0 spiro atoms. The molecule has 0 aliphatic heterocycles. The number of likely N-dealkylation sites (N-methyl/N-ethyl adjacent to an activating group) is 1. The summed E-state index contributed by atoms with van der Waals surface area (Å²) < 4.78 is 58.0. The van der Waals surface area contributed by atoms with Crippen LogP contribution in [0.3, 0.4) is 0 Å². The van der Waals surface area contributed by atoms with E-state index in [2.05, 4.69) is 15.7 Å². The second-order valence-electron chi connectivity index (χ2n) is 7.06. The van der Waals surface area contributed by atoms with Gasteiger partial charge >= 0.3 is 0 Å². The molecule has 0 bridgehead atoms. The number of aromatic nitrogens is 2. The number of amides is 1. The number of alkyl halides is 2. The first-order valence-electron chi connectivity index (χ1n) is 9.63. The number of hydrogen-bond acceptors (Lipinski definition) is 4. The van der Waals surface area contributed by atoms with Gasteiger partial charge in [-0.15, -0.1) is 0 Å². The molecule has 10 heteroatoms. The van der Waals surface area contributed by atoms with Crippen molar-refractivity contribution in [2.24, 2.45) is 0 Å². The summed E-state index contributed by atoms with van der Waals surface area (Å²) in [5.41, 5.74) is -1.99. The topological polar surface area (TPSA) is 76.0 Å². The monoisotopic (exact) mass is 448 g/mol. The van der Waals surface area contributed by atoms with E-state index in [-0.39, 0.29) is 16.9 Å². The molecule has 1 atom stereocenters. The zero-order chi connectivity index (χ0) is 23.5. The van der Waals surface area contributed by atoms with Crippen molar-refractivity contribution in [1.82, 2.24) is 20.4 Å². The van der Waals surface area contributed by atoms with E-state index in [0.29, 0.717) is 0 Å². The van der Waals surface area contributed by atoms with Gasteiger partial charge in [-0.1, -0.05) is 30.3 Å². The molecule has 6 nitrogen and oxygen atoms in total. The summed E-state index contributed by atoms with van der Waals surface area (Å²) in [7, 11) is 1.33. The Balaban J connectivity index is 1.88. The number of nitrogens with one attached hydrogen (secondary N) is 2. The summed E-state index contributed by atoms with van der Waals surface area (Å²) in [4.78, 5) is 24.7. The van der Waals surface area contributed by atoms with E-state index in [9.17, 15) is 27.2 Å². The zero-order valence-electron chi connectivity index (χ0n) is 17.2. The molecule has 1 unspecified atom stereocenters. The van der Waals surface area contributed by atoms with Crippen molar-refractivity contribution in [3.63, 3.8) is 0 Å². The maximum absolute atomic E-state index is 14.8. The van der Waals surface area contributed by atoms with Crippen molar-refractivity contribution in [2.45, 2.75) is 18.9 Å². The molecule has 2 aromatic carbocycles. The van der Waals surface area contributed by atoms with Crippen molar-refractivity contribution < 1.29 is 22.4 Å². The molecule has 1 amide bonds. The van der Waals surface area contributed by atoms with Crippen LogP contribution in [0.15, 0.2) is 59.4 Å². The molecule has 3 aromatic rings. The second kappa shape index (κ2) is 9.31. The van der Waals surface area contributed by atoms with E-state index >= 15 is 0 Å². The van der Waals surface area contributed by atoms with Gasteiger partial charge in [-0.25, -0.2) is 8.78 Å². The van der Waals surface area contributed by atoms with Crippen molar-refractivity contribution in [3.8, 4) is 5.69 Å². The fourth-order valence-electron chi connectivity index (χ4n) is 3.16. The van der Waals surface area contributed by atoms with E-state index in [1.807, 2.05) is 0 Å². The summed E-state index contributed by atoms with van der Waals surface area (Å²) in [6, 6.07) is 10.1. The van der Waals surface area contributed by atoms with Crippen molar-refractivity contribution in [2.75, 3.05) is 13.6 Å². The number of carbonyl (C=O) groups is 1. The Labute approximate surface area is 180 Å². The van der Waals surface area contributed by atoms with Gasteiger partial charge in [-0.2, -0.15) is 18.6 Å². The Hall–Kier alpha value is -3.53. The molecule has 0 saturated carbocycles. The summed E-state index contributed by atoms with van der Waals surface area (Å²) in [5, 5.41) is 8.66. The molecule has 0 saturated heterocycles. The standard InChI is InChI=1S/C22H20F4N4O2/c1-13(14-6-5-7-15(20(14)24)22(25,26)12-27-2)28-21(32)17-10-11-19(31)30(29-17)18-9-4-3-8-16(18)23/h3-11,13,27H,12H2,1-2H3,(H,28,32). The molecule has 32 heavy (non-hydrogen) atoms. The minimum atomic E-state index is -3.45. The molecule has 3 rings (SSSR count). The number of benzene rings is 2. The Morgan fingerprint density at radius 1 is 1.09 bits per heavy atom. The molecule has 1 heterocycles. The van der Waals surface area contributed by atoms with Gasteiger partial charge in [0, 0.05) is 11.6 Å².